The molecule has 0 aromatic heterocycles. The minimum Gasteiger partial charge on any atom is -0.271 e. The van der Waals surface area contributed by atoms with E-state index in [0.29, 0.717) is 16.9 Å². The fraction of sp³-hybridized carbons (Fsp3) is 1.00. The molecule has 102 valence electrons. The average molecular weight is 248 g/mol. The van der Waals surface area contributed by atoms with E-state index in [4.69, 9.17) is 5.84 Å². The molecule has 5 aliphatic carbocycles. The first-order valence-corrected chi connectivity index (χ1v) is 8.09. The smallest absolute Gasteiger partial charge is 0.0295 e. The van der Waals surface area contributed by atoms with Gasteiger partial charge in [-0.15, -0.1) is 0 Å². The molecule has 0 radical (unpaired) electrons. The standard InChI is InChI=1S/C16H28N2/c1-15-6-11-5-12(7-15)9-16(8-11,10-15)14(18-17)13-3-2-4-13/h11-14,18H,2-10,17H2,1H3. The summed E-state index contributed by atoms with van der Waals surface area (Å²) >= 11 is 0. The van der Waals surface area contributed by atoms with Crippen LogP contribution in [0, 0.1) is 28.6 Å². The van der Waals surface area contributed by atoms with Gasteiger partial charge in [-0.3, -0.25) is 11.3 Å². The average Bonchev–Trinajstić information content (AvgIpc) is 2.18. The van der Waals surface area contributed by atoms with Gasteiger partial charge in [-0.1, -0.05) is 13.3 Å². The van der Waals surface area contributed by atoms with E-state index < -0.39 is 0 Å². The maximum absolute atomic E-state index is 6.00. The van der Waals surface area contributed by atoms with Crippen molar-refractivity contribution in [3.63, 3.8) is 0 Å². The maximum atomic E-state index is 6.00. The van der Waals surface area contributed by atoms with Crippen LogP contribution in [0.2, 0.25) is 0 Å². The van der Waals surface area contributed by atoms with E-state index >= 15 is 0 Å². The molecule has 3 N–H and O–H groups in total. The van der Waals surface area contributed by atoms with Crippen molar-refractivity contribution < 1.29 is 0 Å². The Bertz CT molecular complexity index is 333. The van der Waals surface area contributed by atoms with Crippen molar-refractivity contribution in [3.8, 4) is 0 Å². The second-order valence-electron chi connectivity index (χ2n) is 8.47. The summed E-state index contributed by atoms with van der Waals surface area (Å²) in [6, 6.07) is 0.622. The van der Waals surface area contributed by atoms with Crippen molar-refractivity contribution in [2.24, 2.45) is 34.4 Å². The zero-order valence-electron chi connectivity index (χ0n) is 11.8. The molecule has 5 rings (SSSR count). The highest BCUT2D eigenvalue weighted by molar-refractivity contribution is 5.11. The van der Waals surface area contributed by atoms with Gasteiger partial charge in [0.05, 0.1) is 0 Å². The normalized spacial score (nSPS) is 52.3. The fourth-order valence-electron chi connectivity index (χ4n) is 6.75. The summed E-state index contributed by atoms with van der Waals surface area (Å²) < 4.78 is 0. The molecule has 0 spiro atoms. The van der Waals surface area contributed by atoms with Crippen LogP contribution in [0.3, 0.4) is 0 Å². The van der Waals surface area contributed by atoms with Crippen LogP contribution in [-0.4, -0.2) is 6.04 Å². The van der Waals surface area contributed by atoms with Crippen LogP contribution >= 0.6 is 0 Å². The van der Waals surface area contributed by atoms with Crippen molar-refractivity contribution in [1.82, 2.24) is 5.43 Å². The Hall–Kier alpha value is -0.0800. The van der Waals surface area contributed by atoms with Gasteiger partial charge >= 0.3 is 0 Å². The molecule has 0 amide bonds. The molecule has 0 aromatic rings. The second kappa shape index (κ2) is 3.73. The van der Waals surface area contributed by atoms with Gasteiger partial charge in [-0.2, -0.15) is 0 Å². The SMILES string of the molecule is CC12CC3CC(C1)CC(C(NN)C1CCC1)(C3)C2. The molecule has 5 aliphatic rings. The third-order valence-corrected chi connectivity index (χ3v) is 6.86. The van der Waals surface area contributed by atoms with Gasteiger partial charge in [0.15, 0.2) is 0 Å². The molecule has 5 fully saturated rings. The third kappa shape index (κ3) is 1.54. The predicted octanol–water partition coefficient (Wildman–Crippen LogP) is 3.22. The molecule has 0 aromatic carbocycles. The van der Waals surface area contributed by atoms with Crippen LogP contribution in [0.4, 0.5) is 0 Å². The van der Waals surface area contributed by atoms with Gasteiger partial charge in [-0.05, 0) is 80.0 Å². The zero-order chi connectivity index (χ0) is 12.4. The number of nitrogens with two attached hydrogens (primary N) is 1. The number of hydrazine groups is 1. The zero-order valence-corrected chi connectivity index (χ0v) is 11.8. The molecule has 18 heavy (non-hydrogen) atoms. The lowest BCUT2D eigenvalue weighted by molar-refractivity contribution is -0.131. The summed E-state index contributed by atoms with van der Waals surface area (Å²) in [5.41, 5.74) is 4.50. The van der Waals surface area contributed by atoms with Crippen molar-refractivity contribution in [2.45, 2.75) is 70.8 Å². The van der Waals surface area contributed by atoms with Gasteiger partial charge in [-0.25, -0.2) is 0 Å². The van der Waals surface area contributed by atoms with E-state index in [1.165, 1.54) is 57.8 Å². The van der Waals surface area contributed by atoms with Crippen molar-refractivity contribution in [3.05, 3.63) is 0 Å². The van der Waals surface area contributed by atoms with Crippen LogP contribution in [0.5, 0.6) is 0 Å². The number of hydrogen-bond donors (Lipinski definition) is 2. The van der Waals surface area contributed by atoms with E-state index in [1.54, 1.807) is 0 Å². The molecule has 0 aliphatic heterocycles. The van der Waals surface area contributed by atoms with Crippen molar-refractivity contribution >= 4 is 0 Å². The lowest BCUT2D eigenvalue weighted by atomic mass is 9.42. The highest BCUT2D eigenvalue weighted by Gasteiger charge is 2.59. The maximum Gasteiger partial charge on any atom is 0.0295 e. The number of rotatable bonds is 3. The molecule has 0 heterocycles. The molecule has 2 heteroatoms. The predicted molar refractivity (Wildman–Crippen MR) is 73.7 cm³/mol. The first-order chi connectivity index (χ1) is 8.62. The van der Waals surface area contributed by atoms with Crippen LogP contribution in [0.1, 0.15) is 64.7 Å². The highest BCUT2D eigenvalue weighted by atomic mass is 15.2. The number of nitrogens with one attached hydrogen (secondary N) is 1. The molecule has 4 bridgehead atoms. The van der Waals surface area contributed by atoms with Crippen LogP contribution in [0.15, 0.2) is 0 Å². The van der Waals surface area contributed by atoms with Crippen molar-refractivity contribution in [2.75, 3.05) is 0 Å². The molecule has 5 saturated carbocycles. The molecular weight excluding hydrogens is 220 g/mol. The summed E-state index contributed by atoms with van der Waals surface area (Å²) in [4.78, 5) is 0. The minimum absolute atomic E-state index is 0.568. The molecular formula is C16H28N2. The fourth-order valence-corrected chi connectivity index (χ4v) is 6.75. The third-order valence-electron chi connectivity index (χ3n) is 6.86. The first kappa shape index (κ1) is 11.7. The van der Waals surface area contributed by atoms with Gasteiger partial charge in [0, 0.05) is 6.04 Å². The monoisotopic (exact) mass is 248 g/mol. The molecule has 2 nitrogen and oxygen atoms in total. The van der Waals surface area contributed by atoms with E-state index in [2.05, 4.69) is 12.3 Å². The summed E-state index contributed by atoms with van der Waals surface area (Å²) in [5, 5.41) is 0. The van der Waals surface area contributed by atoms with Crippen LogP contribution in [-0.2, 0) is 0 Å². The first-order valence-electron chi connectivity index (χ1n) is 8.09. The van der Waals surface area contributed by atoms with Crippen LogP contribution < -0.4 is 11.3 Å². The van der Waals surface area contributed by atoms with E-state index in [-0.39, 0.29) is 0 Å². The Morgan fingerprint density at radius 2 is 1.78 bits per heavy atom. The Kier molecular flexibility index (Phi) is 2.43. The molecule has 3 atom stereocenters. The Morgan fingerprint density at radius 1 is 1.11 bits per heavy atom. The summed E-state index contributed by atoms with van der Waals surface area (Å²) in [6.45, 7) is 2.56. The minimum atomic E-state index is 0.568. The van der Waals surface area contributed by atoms with E-state index in [0.717, 1.165) is 17.8 Å². The van der Waals surface area contributed by atoms with Gasteiger partial charge in [0.2, 0.25) is 0 Å². The number of hydrogen-bond acceptors (Lipinski definition) is 2. The Labute approximate surface area is 111 Å². The lowest BCUT2D eigenvalue weighted by Crippen LogP contribution is -2.62. The van der Waals surface area contributed by atoms with Crippen molar-refractivity contribution in [1.29, 1.82) is 0 Å². The summed E-state index contributed by atoms with van der Waals surface area (Å²) in [6.07, 6.45) is 13.2. The van der Waals surface area contributed by atoms with Gasteiger partial charge in [0.1, 0.15) is 0 Å². The largest absolute Gasteiger partial charge is 0.271 e. The Balaban J connectivity index is 1.65. The van der Waals surface area contributed by atoms with E-state index in [1.807, 2.05) is 0 Å². The quantitative estimate of drug-likeness (QED) is 0.594. The van der Waals surface area contributed by atoms with Crippen LogP contribution in [0.25, 0.3) is 0 Å². The van der Waals surface area contributed by atoms with Gasteiger partial charge < -0.3 is 0 Å². The Morgan fingerprint density at radius 3 is 2.22 bits per heavy atom. The summed E-state index contributed by atoms with van der Waals surface area (Å²) in [7, 11) is 0. The molecule has 0 saturated heterocycles. The molecule has 3 unspecified atom stereocenters. The lowest BCUT2D eigenvalue weighted by Gasteiger charge is -2.64. The second-order valence-corrected chi connectivity index (χ2v) is 8.47. The van der Waals surface area contributed by atoms with Gasteiger partial charge in [0.25, 0.3) is 0 Å². The topological polar surface area (TPSA) is 38.0 Å². The van der Waals surface area contributed by atoms with E-state index in [9.17, 15) is 0 Å². The highest BCUT2D eigenvalue weighted by Crippen LogP contribution is 2.67. The summed E-state index contributed by atoms with van der Waals surface area (Å²) in [5.74, 6) is 8.92.